The van der Waals surface area contributed by atoms with Gasteiger partial charge in [-0.3, -0.25) is 14.6 Å². The summed E-state index contributed by atoms with van der Waals surface area (Å²) >= 11 is 0. The number of hydrogen-bond donors (Lipinski definition) is 0. The molecule has 0 amide bonds. The van der Waals surface area contributed by atoms with Crippen LogP contribution in [0.25, 0.3) is 0 Å². The molecule has 22 heavy (non-hydrogen) atoms. The quantitative estimate of drug-likeness (QED) is 0.691. The maximum Gasteiger partial charge on any atom is 0.196 e. The van der Waals surface area contributed by atoms with E-state index in [1.165, 1.54) is 0 Å². The van der Waals surface area contributed by atoms with Gasteiger partial charge in [0, 0.05) is 22.4 Å². The first kappa shape index (κ1) is 13.4. The Kier molecular flexibility index (Phi) is 2.96. The van der Waals surface area contributed by atoms with Crippen molar-refractivity contribution in [1.29, 1.82) is 0 Å². The first-order chi connectivity index (χ1) is 10.7. The third-order valence-corrected chi connectivity index (χ3v) is 4.75. The van der Waals surface area contributed by atoms with Gasteiger partial charge in [0.1, 0.15) is 0 Å². The predicted octanol–water partition coefficient (Wildman–Crippen LogP) is 3.30. The lowest BCUT2D eigenvalue weighted by Crippen LogP contribution is -2.27. The first-order valence-corrected chi connectivity index (χ1v) is 7.95. The Morgan fingerprint density at radius 3 is 2.27 bits per heavy atom. The van der Waals surface area contributed by atoms with Gasteiger partial charge in [0.15, 0.2) is 11.6 Å². The molecule has 110 valence electrons. The van der Waals surface area contributed by atoms with E-state index in [9.17, 15) is 9.59 Å². The van der Waals surface area contributed by atoms with E-state index in [0.29, 0.717) is 28.7 Å². The minimum atomic E-state index is -0.0390. The van der Waals surface area contributed by atoms with E-state index in [1.54, 1.807) is 12.1 Å². The number of ketones is 2. The SMILES string of the molecule is CCc1nc2c(c3c1C(=O)c1ccccc1C3=O)CCCC2. The van der Waals surface area contributed by atoms with Gasteiger partial charge in [-0.05, 0) is 37.7 Å². The normalized spacial score (nSPS) is 16.0. The number of rotatable bonds is 1. The largest absolute Gasteiger partial charge is 0.289 e. The van der Waals surface area contributed by atoms with Crippen molar-refractivity contribution in [3.05, 3.63) is 63.5 Å². The molecule has 3 nitrogen and oxygen atoms in total. The molecule has 2 aliphatic rings. The van der Waals surface area contributed by atoms with Crippen molar-refractivity contribution in [2.45, 2.75) is 39.0 Å². The fourth-order valence-electron chi connectivity index (χ4n) is 3.70. The molecule has 2 aliphatic carbocycles. The highest BCUT2D eigenvalue weighted by atomic mass is 16.1. The van der Waals surface area contributed by atoms with E-state index < -0.39 is 0 Å². The van der Waals surface area contributed by atoms with Crippen molar-refractivity contribution < 1.29 is 9.59 Å². The molecule has 3 heteroatoms. The van der Waals surface area contributed by atoms with E-state index in [1.807, 2.05) is 19.1 Å². The van der Waals surface area contributed by atoms with Crippen LogP contribution >= 0.6 is 0 Å². The molecule has 0 saturated carbocycles. The molecule has 1 heterocycles. The second-order valence-electron chi connectivity index (χ2n) is 6.00. The summed E-state index contributed by atoms with van der Waals surface area (Å²) in [5.41, 5.74) is 5.10. The van der Waals surface area contributed by atoms with Crippen LogP contribution in [0.15, 0.2) is 24.3 Å². The van der Waals surface area contributed by atoms with E-state index in [-0.39, 0.29) is 11.6 Å². The first-order valence-electron chi connectivity index (χ1n) is 7.95. The Morgan fingerprint density at radius 2 is 1.59 bits per heavy atom. The lowest BCUT2D eigenvalue weighted by Gasteiger charge is -2.26. The number of carbonyl (C=O) groups excluding carboxylic acids is 2. The molecule has 0 N–H and O–H groups in total. The van der Waals surface area contributed by atoms with Crippen molar-refractivity contribution in [3.63, 3.8) is 0 Å². The van der Waals surface area contributed by atoms with Crippen LogP contribution in [0.1, 0.15) is 68.6 Å². The standard InChI is InChI=1S/C19H17NO2/c1-2-14-17-16(13-9-5-6-10-15(13)20-14)18(21)11-7-3-4-8-12(11)19(17)22/h3-4,7-8H,2,5-6,9-10H2,1H3. The fraction of sp³-hybridized carbons (Fsp3) is 0.316. The van der Waals surface area contributed by atoms with Gasteiger partial charge in [-0.2, -0.15) is 0 Å². The third-order valence-electron chi connectivity index (χ3n) is 4.75. The van der Waals surface area contributed by atoms with Gasteiger partial charge >= 0.3 is 0 Å². The number of hydrogen-bond acceptors (Lipinski definition) is 3. The van der Waals surface area contributed by atoms with Crippen molar-refractivity contribution in [3.8, 4) is 0 Å². The molecule has 1 aromatic carbocycles. The monoisotopic (exact) mass is 291 g/mol. The Bertz CT molecular complexity index is 820. The van der Waals surface area contributed by atoms with Crippen molar-refractivity contribution in [1.82, 2.24) is 4.98 Å². The number of aryl methyl sites for hydroxylation is 2. The molecule has 0 spiro atoms. The second-order valence-corrected chi connectivity index (χ2v) is 6.00. The van der Waals surface area contributed by atoms with Gasteiger partial charge in [-0.1, -0.05) is 31.2 Å². The van der Waals surface area contributed by atoms with Gasteiger partial charge in [-0.25, -0.2) is 0 Å². The molecule has 1 aromatic heterocycles. The Balaban J connectivity index is 2.07. The van der Waals surface area contributed by atoms with Crippen LogP contribution in [-0.4, -0.2) is 16.6 Å². The number of nitrogens with zero attached hydrogens (tertiary/aromatic N) is 1. The van der Waals surface area contributed by atoms with Crippen LogP contribution < -0.4 is 0 Å². The number of benzene rings is 1. The number of pyridine rings is 1. The zero-order chi connectivity index (χ0) is 15.3. The number of carbonyl (C=O) groups is 2. The highest BCUT2D eigenvalue weighted by Gasteiger charge is 2.35. The van der Waals surface area contributed by atoms with Gasteiger partial charge in [0.25, 0.3) is 0 Å². The minimum absolute atomic E-state index is 0.000417. The van der Waals surface area contributed by atoms with Crippen molar-refractivity contribution in [2.24, 2.45) is 0 Å². The van der Waals surface area contributed by atoms with Crippen LogP contribution in [-0.2, 0) is 19.3 Å². The van der Waals surface area contributed by atoms with E-state index in [2.05, 4.69) is 0 Å². The molecule has 4 rings (SSSR count). The summed E-state index contributed by atoms with van der Waals surface area (Å²) < 4.78 is 0. The van der Waals surface area contributed by atoms with E-state index >= 15 is 0 Å². The summed E-state index contributed by atoms with van der Waals surface area (Å²) in [6.45, 7) is 2.00. The molecular formula is C19H17NO2. The summed E-state index contributed by atoms with van der Waals surface area (Å²) in [5, 5.41) is 0. The molecule has 2 aromatic rings. The topological polar surface area (TPSA) is 47.0 Å². The lowest BCUT2D eigenvalue weighted by molar-refractivity contribution is 0.0976. The number of fused-ring (bicyclic) bond motifs is 4. The maximum atomic E-state index is 13.0. The highest BCUT2D eigenvalue weighted by molar-refractivity contribution is 6.29. The van der Waals surface area contributed by atoms with Crippen LogP contribution in [0.5, 0.6) is 0 Å². The molecule has 0 radical (unpaired) electrons. The Labute approximate surface area is 129 Å². The van der Waals surface area contributed by atoms with Crippen molar-refractivity contribution >= 4 is 11.6 Å². The molecular weight excluding hydrogens is 274 g/mol. The molecule has 0 atom stereocenters. The zero-order valence-electron chi connectivity index (χ0n) is 12.6. The van der Waals surface area contributed by atoms with E-state index in [0.717, 1.165) is 42.6 Å². The molecule has 0 saturated heterocycles. The Morgan fingerprint density at radius 1 is 0.955 bits per heavy atom. The van der Waals surface area contributed by atoms with Crippen LogP contribution in [0.2, 0.25) is 0 Å². The van der Waals surface area contributed by atoms with Gasteiger partial charge in [0.05, 0.1) is 11.3 Å². The summed E-state index contributed by atoms with van der Waals surface area (Å²) in [4.78, 5) is 30.7. The average molecular weight is 291 g/mol. The van der Waals surface area contributed by atoms with Gasteiger partial charge < -0.3 is 0 Å². The minimum Gasteiger partial charge on any atom is -0.289 e. The second kappa shape index (κ2) is 4.87. The third kappa shape index (κ3) is 1.71. The van der Waals surface area contributed by atoms with Crippen LogP contribution in [0.3, 0.4) is 0 Å². The predicted molar refractivity (Wildman–Crippen MR) is 83.6 cm³/mol. The van der Waals surface area contributed by atoms with E-state index in [4.69, 9.17) is 4.98 Å². The molecule has 0 fully saturated rings. The lowest BCUT2D eigenvalue weighted by atomic mass is 9.78. The van der Waals surface area contributed by atoms with Crippen LogP contribution in [0, 0.1) is 0 Å². The van der Waals surface area contributed by atoms with Crippen molar-refractivity contribution in [2.75, 3.05) is 0 Å². The molecule has 0 aliphatic heterocycles. The average Bonchev–Trinajstić information content (AvgIpc) is 2.58. The highest BCUT2D eigenvalue weighted by Crippen LogP contribution is 2.35. The maximum absolute atomic E-state index is 13.0. The van der Waals surface area contributed by atoms with Gasteiger partial charge in [0.2, 0.25) is 0 Å². The summed E-state index contributed by atoms with van der Waals surface area (Å²) in [7, 11) is 0. The van der Waals surface area contributed by atoms with Gasteiger partial charge in [-0.15, -0.1) is 0 Å². The van der Waals surface area contributed by atoms with Crippen LogP contribution in [0.4, 0.5) is 0 Å². The summed E-state index contributed by atoms with van der Waals surface area (Å²) in [6.07, 6.45) is 4.63. The fourth-order valence-corrected chi connectivity index (χ4v) is 3.70. The summed E-state index contributed by atoms with van der Waals surface area (Å²) in [5.74, 6) is -0.0385. The zero-order valence-corrected chi connectivity index (χ0v) is 12.6. The smallest absolute Gasteiger partial charge is 0.196 e. The summed E-state index contributed by atoms with van der Waals surface area (Å²) in [6, 6.07) is 7.15. The molecule has 0 bridgehead atoms. The number of aromatic nitrogens is 1. The molecule has 0 unspecified atom stereocenters. The Hall–Kier alpha value is -2.29.